The van der Waals surface area contributed by atoms with Gasteiger partial charge in [-0.3, -0.25) is 0 Å². The molecule has 1 unspecified atom stereocenters. The van der Waals surface area contributed by atoms with Crippen molar-refractivity contribution in [2.75, 3.05) is 0 Å². The summed E-state index contributed by atoms with van der Waals surface area (Å²) < 4.78 is 4.63. The highest BCUT2D eigenvalue weighted by atomic mass is 16.6. The topological polar surface area (TPSA) is 55.4 Å². The Balaban J connectivity index is 4.44. The van der Waals surface area contributed by atoms with Crippen LogP contribution in [0.4, 0.5) is 4.79 Å². The van der Waals surface area contributed by atoms with E-state index < -0.39 is 12.1 Å². The third kappa shape index (κ3) is 6.42. The van der Waals surface area contributed by atoms with Crippen LogP contribution >= 0.6 is 0 Å². The SMILES string of the molecule is C=C(C)C(=O)OC(=O)NC(CCCC)C(C)(C)C. The molecule has 0 spiro atoms. The summed E-state index contributed by atoms with van der Waals surface area (Å²) in [5.41, 5.74) is 0.145. The van der Waals surface area contributed by atoms with Crippen LogP contribution in [0.2, 0.25) is 0 Å². The van der Waals surface area contributed by atoms with Crippen LogP contribution in [0, 0.1) is 5.41 Å². The molecule has 1 atom stereocenters. The van der Waals surface area contributed by atoms with Gasteiger partial charge in [0.2, 0.25) is 0 Å². The Labute approximate surface area is 110 Å². The second-order valence-corrected chi connectivity index (χ2v) is 5.66. The zero-order chi connectivity index (χ0) is 14.3. The van der Waals surface area contributed by atoms with Gasteiger partial charge in [-0.05, 0) is 18.8 Å². The van der Waals surface area contributed by atoms with Crippen molar-refractivity contribution in [1.29, 1.82) is 0 Å². The Bertz CT molecular complexity index is 315. The number of alkyl carbamates (subject to hydrolysis) is 1. The Hall–Kier alpha value is -1.32. The van der Waals surface area contributed by atoms with Crippen LogP contribution in [-0.4, -0.2) is 18.1 Å². The van der Waals surface area contributed by atoms with Crippen molar-refractivity contribution >= 4 is 12.1 Å². The van der Waals surface area contributed by atoms with Crippen LogP contribution in [0.15, 0.2) is 12.2 Å². The lowest BCUT2D eigenvalue weighted by atomic mass is 9.84. The molecule has 0 saturated carbocycles. The maximum atomic E-state index is 11.6. The number of esters is 1. The van der Waals surface area contributed by atoms with Crippen LogP contribution < -0.4 is 5.32 Å². The number of hydrogen-bond donors (Lipinski definition) is 1. The van der Waals surface area contributed by atoms with Gasteiger partial charge in [-0.1, -0.05) is 47.1 Å². The lowest BCUT2D eigenvalue weighted by molar-refractivity contribution is -0.133. The standard InChI is InChI=1S/C14H25NO3/c1-7-8-9-11(14(4,5)6)15-13(17)18-12(16)10(2)3/h11H,2,7-9H2,1,3-6H3,(H,15,17). The highest BCUT2D eigenvalue weighted by Gasteiger charge is 2.26. The molecule has 0 aliphatic heterocycles. The molecule has 4 heteroatoms. The van der Waals surface area contributed by atoms with Crippen LogP contribution in [-0.2, 0) is 9.53 Å². The smallest absolute Gasteiger partial charge is 0.373 e. The molecule has 104 valence electrons. The van der Waals surface area contributed by atoms with E-state index in [0.29, 0.717) is 0 Å². The van der Waals surface area contributed by atoms with E-state index in [1.165, 1.54) is 6.92 Å². The van der Waals surface area contributed by atoms with Gasteiger partial charge >= 0.3 is 12.1 Å². The minimum absolute atomic E-state index is 0.0112. The summed E-state index contributed by atoms with van der Waals surface area (Å²) in [5.74, 6) is -0.685. The van der Waals surface area contributed by atoms with Gasteiger partial charge in [0, 0.05) is 11.6 Å². The summed E-state index contributed by atoms with van der Waals surface area (Å²) in [6, 6.07) is -0.0112. The average Bonchev–Trinajstić information content (AvgIpc) is 2.22. The monoisotopic (exact) mass is 255 g/mol. The van der Waals surface area contributed by atoms with Crippen molar-refractivity contribution in [1.82, 2.24) is 5.32 Å². The molecule has 18 heavy (non-hydrogen) atoms. The van der Waals surface area contributed by atoms with E-state index >= 15 is 0 Å². The number of rotatable bonds is 5. The van der Waals surface area contributed by atoms with Gasteiger partial charge in [0.25, 0.3) is 0 Å². The van der Waals surface area contributed by atoms with Crippen LogP contribution in [0.1, 0.15) is 53.9 Å². The number of ether oxygens (including phenoxy) is 1. The Kier molecular flexibility index (Phi) is 6.66. The van der Waals surface area contributed by atoms with E-state index in [9.17, 15) is 9.59 Å². The number of unbranched alkanes of at least 4 members (excludes halogenated alkanes) is 1. The summed E-state index contributed by atoms with van der Waals surface area (Å²) in [6.07, 6.45) is 2.26. The van der Waals surface area contributed by atoms with Crippen LogP contribution in [0.5, 0.6) is 0 Å². The first kappa shape index (κ1) is 16.7. The fourth-order valence-corrected chi connectivity index (χ4v) is 1.47. The van der Waals surface area contributed by atoms with Gasteiger partial charge in [-0.15, -0.1) is 0 Å². The second kappa shape index (κ2) is 7.19. The summed E-state index contributed by atoms with van der Waals surface area (Å²) in [7, 11) is 0. The first-order chi connectivity index (χ1) is 8.18. The minimum atomic E-state index is -0.695. The molecule has 0 rings (SSSR count). The highest BCUT2D eigenvalue weighted by molar-refractivity contribution is 5.94. The molecule has 0 bridgehead atoms. The van der Waals surface area contributed by atoms with Crippen LogP contribution in [0.3, 0.4) is 0 Å². The molecule has 0 aromatic carbocycles. The van der Waals surface area contributed by atoms with Crippen LogP contribution in [0.25, 0.3) is 0 Å². The Morgan fingerprint density at radius 1 is 1.33 bits per heavy atom. The molecule has 0 aromatic rings. The predicted molar refractivity (Wildman–Crippen MR) is 72.2 cm³/mol. The molecule has 0 radical (unpaired) electrons. The lowest BCUT2D eigenvalue weighted by Crippen LogP contribution is -2.44. The molecule has 0 saturated heterocycles. The fourth-order valence-electron chi connectivity index (χ4n) is 1.47. The number of hydrogen-bond acceptors (Lipinski definition) is 3. The van der Waals surface area contributed by atoms with E-state index in [-0.39, 0.29) is 17.0 Å². The van der Waals surface area contributed by atoms with Gasteiger partial charge in [0.05, 0.1) is 0 Å². The van der Waals surface area contributed by atoms with E-state index in [1.54, 1.807) is 0 Å². The third-order valence-electron chi connectivity index (χ3n) is 2.72. The van der Waals surface area contributed by atoms with E-state index in [2.05, 4.69) is 23.6 Å². The Morgan fingerprint density at radius 3 is 2.28 bits per heavy atom. The van der Waals surface area contributed by atoms with Crippen molar-refractivity contribution < 1.29 is 14.3 Å². The first-order valence-electron chi connectivity index (χ1n) is 6.36. The number of amides is 1. The average molecular weight is 255 g/mol. The zero-order valence-electron chi connectivity index (χ0n) is 12.1. The van der Waals surface area contributed by atoms with Gasteiger partial charge in [-0.25, -0.2) is 9.59 Å². The quantitative estimate of drug-likeness (QED) is 0.465. The number of nitrogens with one attached hydrogen (secondary N) is 1. The summed E-state index contributed by atoms with van der Waals surface area (Å²) in [5, 5.41) is 2.75. The lowest BCUT2D eigenvalue weighted by Gasteiger charge is -2.31. The zero-order valence-corrected chi connectivity index (χ0v) is 12.1. The Morgan fingerprint density at radius 2 is 1.89 bits per heavy atom. The third-order valence-corrected chi connectivity index (χ3v) is 2.72. The summed E-state index contributed by atoms with van der Waals surface area (Å²) in [6.45, 7) is 13.2. The predicted octanol–water partition coefficient (Wildman–Crippen LogP) is 3.42. The normalized spacial score (nSPS) is 12.7. The van der Waals surface area contributed by atoms with E-state index in [1.807, 2.05) is 20.8 Å². The molecular weight excluding hydrogens is 230 g/mol. The number of carbonyl (C=O) groups excluding carboxylic acids is 2. The summed E-state index contributed by atoms with van der Waals surface area (Å²) >= 11 is 0. The molecular formula is C14H25NO3. The van der Waals surface area contributed by atoms with Crippen molar-refractivity contribution in [3.63, 3.8) is 0 Å². The van der Waals surface area contributed by atoms with Crippen molar-refractivity contribution in [2.45, 2.75) is 59.9 Å². The molecule has 0 heterocycles. The molecule has 0 fully saturated rings. The molecule has 1 amide bonds. The largest absolute Gasteiger partial charge is 0.415 e. The summed E-state index contributed by atoms with van der Waals surface area (Å²) in [4.78, 5) is 22.8. The first-order valence-corrected chi connectivity index (χ1v) is 6.36. The van der Waals surface area contributed by atoms with Crippen molar-refractivity contribution in [3.8, 4) is 0 Å². The maximum absolute atomic E-state index is 11.6. The molecule has 0 aromatic heterocycles. The second-order valence-electron chi connectivity index (χ2n) is 5.66. The highest BCUT2D eigenvalue weighted by Crippen LogP contribution is 2.23. The van der Waals surface area contributed by atoms with Gasteiger partial charge < -0.3 is 10.1 Å². The van der Waals surface area contributed by atoms with Crippen molar-refractivity contribution in [3.05, 3.63) is 12.2 Å². The minimum Gasteiger partial charge on any atom is -0.373 e. The number of carbonyl (C=O) groups is 2. The van der Waals surface area contributed by atoms with E-state index in [4.69, 9.17) is 0 Å². The van der Waals surface area contributed by atoms with E-state index in [0.717, 1.165) is 19.3 Å². The van der Waals surface area contributed by atoms with Crippen molar-refractivity contribution in [2.24, 2.45) is 5.41 Å². The molecule has 4 nitrogen and oxygen atoms in total. The van der Waals surface area contributed by atoms with Gasteiger partial charge in [0.15, 0.2) is 0 Å². The molecule has 1 N–H and O–H groups in total. The molecule has 0 aliphatic rings. The molecule has 0 aliphatic carbocycles. The fraction of sp³-hybridized carbons (Fsp3) is 0.714. The van der Waals surface area contributed by atoms with Gasteiger partial charge in [0.1, 0.15) is 0 Å². The van der Waals surface area contributed by atoms with Gasteiger partial charge in [-0.2, -0.15) is 0 Å². The maximum Gasteiger partial charge on any atom is 0.415 e.